The molecule has 6 heteroatoms. The molecule has 0 aromatic heterocycles. The topological polar surface area (TPSA) is 88.0 Å². The second kappa shape index (κ2) is 7.86. The van der Waals surface area contributed by atoms with Gasteiger partial charge in [0.05, 0.1) is 18.7 Å². The van der Waals surface area contributed by atoms with Crippen LogP contribution in [0.5, 0.6) is 0 Å². The SMILES string of the molecule is CCOC(=O)NN=C(CCC(=O)O)c1ccccc1. The number of rotatable bonds is 6. The van der Waals surface area contributed by atoms with Crippen LogP contribution in [0, 0.1) is 0 Å². The van der Waals surface area contributed by atoms with Crippen molar-refractivity contribution in [1.82, 2.24) is 5.43 Å². The van der Waals surface area contributed by atoms with Crippen LogP contribution in [0.1, 0.15) is 25.3 Å². The summed E-state index contributed by atoms with van der Waals surface area (Å²) in [6, 6.07) is 9.07. The van der Waals surface area contributed by atoms with E-state index in [1.54, 1.807) is 19.1 Å². The molecule has 0 saturated heterocycles. The minimum absolute atomic E-state index is 0.0573. The molecule has 102 valence electrons. The zero-order valence-electron chi connectivity index (χ0n) is 10.6. The molecule has 0 bridgehead atoms. The quantitative estimate of drug-likeness (QED) is 0.607. The Balaban J connectivity index is 2.77. The van der Waals surface area contributed by atoms with Crippen LogP contribution in [0.15, 0.2) is 35.4 Å². The predicted octanol–water partition coefficient (Wildman–Crippen LogP) is 2.00. The maximum absolute atomic E-state index is 11.2. The molecule has 2 N–H and O–H groups in total. The van der Waals surface area contributed by atoms with Gasteiger partial charge in [-0.25, -0.2) is 10.2 Å². The van der Waals surface area contributed by atoms with Crippen molar-refractivity contribution in [3.05, 3.63) is 35.9 Å². The first kappa shape index (κ1) is 14.7. The highest BCUT2D eigenvalue weighted by Crippen LogP contribution is 2.06. The lowest BCUT2D eigenvalue weighted by atomic mass is 10.1. The molecular weight excluding hydrogens is 248 g/mol. The first-order valence-corrected chi connectivity index (χ1v) is 5.90. The van der Waals surface area contributed by atoms with Crippen molar-refractivity contribution in [3.8, 4) is 0 Å². The van der Waals surface area contributed by atoms with Gasteiger partial charge in [0, 0.05) is 6.42 Å². The van der Waals surface area contributed by atoms with E-state index < -0.39 is 12.1 Å². The largest absolute Gasteiger partial charge is 0.481 e. The summed E-state index contributed by atoms with van der Waals surface area (Å²) in [5, 5.41) is 12.6. The van der Waals surface area contributed by atoms with E-state index in [0.29, 0.717) is 5.71 Å². The Morgan fingerprint density at radius 3 is 2.53 bits per heavy atom. The molecule has 0 saturated carbocycles. The number of carbonyl (C=O) groups is 2. The second-order valence-corrected chi connectivity index (χ2v) is 3.65. The number of benzene rings is 1. The van der Waals surface area contributed by atoms with Crippen LogP contribution in [0.4, 0.5) is 4.79 Å². The molecule has 0 aliphatic carbocycles. The summed E-state index contributed by atoms with van der Waals surface area (Å²) in [7, 11) is 0. The molecule has 0 unspecified atom stereocenters. The third-order valence-corrected chi connectivity index (χ3v) is 2.24. The highest BCUT2D eigenvalue weighted by atomic mass is 16.5. The van der Waals surface area contributed by atoms with Gasteiger partial charge in [0.2, 0.25) is 0 Å². The van der Waals surface area contributed by atoms with Crippen molar-refractivity contribution in [2.24, 2.45) is 5.10 Å². The molecule has 0 aliphatic heterocycles. The Kier molecular flexibility index (Phi) is 6.08. The average molecular weight is 264 g/mol. The van der Waals surface area contributed by atoms with Gasteiger partial charge in [-0.1, -0.05) is 30.3 Å². The van der Waals surface area contributed by atoms with E-state index in [1.807, 2.05) is 18.2 Å². The van der Waals surface area contributed by atoms with Crippen molar-refractivity contribution in [1.29, 1.82) is 0 Å². The van der Waals surface area contributed by atoms with E-state index in [2.05, 4.69) is 15.3 Å². The summed E-state index contributed by atoms with van der Waals surface area (Å²) >= 11 is 0. The Labute approximate surface area is 111 Å². The van der Waals surface area contributed by atoms with Gasteiger partial charge in [-0.05, 0) is 12.5 Å². The number of ether oxygens (including phenoxy) is 1. The summed E-state index contributed by atoms with van der Waals surface area (Å²) in [4.78, 5) is 21.8. The zero-order valence-corrected chi connectivity index (χ0v) is 10.6. The highest BCUT2D eigenvalue weighted by molar-refractivity contribution is 6.01. The number of nitrogens with one attached hydrogen (secondary N) is 1. The van der Waals surface area contributed by atoms with Crippen LogP contribution in [-0.4, -0.2) is 29.5 Å². The number of amides is 1. The second-order valence-electron chi connectivity index (χ2n) is 3.65. The van der Waals surface area contributed by atoms with Crippen LogP contribution < -0.4 is 5.43 Å². The standard InChI is InChI=1S/C13H16N2O4/c1-2-19-13(18)15-14-11(8-9-12(16)17)10-6-4-3-5-7-10/h3-7H,2,8-9H2,1H3,(H,15,18)(H,16,17). The lowest BCUT2D eigenvalue weighted by Crippen LogP contribution is -2.21. The van der Waals surface area contributed by atoms with Crippen LogP contribution >= 0.6 is 0 Å². The smallest absolute Gasteiger partial charge is 0.427 e. The summed E-state index contributed by atoms with van der Waals surface area (Å²) in [5.74, 6) is -0.917. The molecule has 0 heterocycles. The summed E-state index contributed by atoms with van der Waals surface area (Å²) in [5.41, 5.74) is 3.50. The Hall–Kier alpha value is -2.37. The molecular formula is C13H16N2O4. The Morgan fingerprint density at radius 2 is 1.95 bits per heavy atom. The predicted molar refractivity (Wildman–Crippen MR) is 70.0 cm³/mol. The number of aliphatic carboxylic acids is 1. The first-order valence-electron chi connectivity index (χ1n) is 5.90. The van der Waals surface area contributed by atoms with Crippen LogP contribution in [0.3, 0.4) is 0 Å². The lowest BCUT2D eigenvalue weighted by molar-refractivity contribution is -0.136. The maximum Gasteiger partial charge on any atom is 0.427 e. The number of nitrogens with zero attached hydrogens (tertiary/aromatic N) is 1. The van der Waals surface area contributed by atoms with Gasteiger partial charge in [-0.3, -0.25) is 4.79 Å². The van der Waals surface area contributed by atoms with E-state index in [0.717, 1.165) is 5.56 Å². The minimum Gasteiger partial charge on any atom is -0.481 e. The van der Waals surface area contributed by atoms with Gasteiger partial charge in [-0.15, -0.1) is 0 Å². The maximum atomic E-state index is 11.2. The van der Waals surface area contributed by atoms with Crippen molar-refractivity contribution in [2.45, 2.75) is 19.8 Å². The van der Waals surface area contributed by atoms with E-state index >= 15 is 0 Å². The van der Waals surface area contributed by atoms with Gasteiger partial charge in [-0.2, -0.15) is 5.10 Å². The number of hydrazone groups is 1. The Bertz CT molecular complexity index is 457. The number of hydrogen-bond acceptors (Lipinski definition) is 4. The van der Waals surface area contributed by atoms with Crippen LogP contribution in [0.25, 0.3) is 0 Å². The van der Waals surface area contributed by atoms with Crippen molar-refractivity contribution >= 4 is 17.8 Å². The molecule has 0 spiro atoms. The van der Waals surface area contributed by atoms with Gasteiger partial charge in [0.15, 0.2) is 0 Å². The number of carboxylic acid groups (broad SMARTS) is 1. The molecule has 0 fully saturated rings. The molecule has 19 heavy (non-hydrogen) atoms. The minimum atomic E-state index is -0.917. The van der Waals surface area contributed by atoms with Gasteiger partial charge in [0.1, 0.15) is 0 Å². The normalized spacial score (nSPS) is 10.9. The third kappa shape index (κ3) is 5.67. The first-order chi connectivity index (χ1) is 9.13. The lowest BCUT2D eigenvalue weighted by Gasteiger charge is -2.06. The molecule has 6 nitrogen and oxygen atoms in total. The van der Waals surface area contributed by atoms with Crippen LogP contribution in [0.2, 0.25) is 0 Å². The highest BCUT2D eigenvalue weighted by Gasteiger charge is 2.08. The fraction of sp³-hybridized carbons (Fsp3) is 0.308. The van der Waals surface area contributed by atoms with E-state index in [1.165, 1.54) is 0 Å². The Morgan fingerprint density at radius 1 is 1.26 bits per heavy atom. The third-order valence-electron chi connectivity index (χ3n) is 2.24. The monoisotopic (exact) mass is 264 g/mol. The average Bonchev–Trinajstić information content (AvgIpc) is 2.40. The fourth-order valence-corrected chi connectivity index (χ4v) is 1.40. The number of carboxylic acids is 1. The van der Waals surface area contributed by atoms with Crippen molar-refractivity contribution in [3.63, 3.8) is 0 Å². The molecule has 1 rings (SSSR count). The van der Waals surface area contributed by atoms with Crippen molar-refractivity contribution < 1.29 is 19.4 Å². The van der Waals surface area contributed by atoms with Gasteiger partial charge < -0.3 is 9.84 Å². The van der Waals surface area contributed by atoms with E-state index in [9.17, 15) is 9.59 Å². The van der Waals surface area contributed by atoms with E-state index in [4.69, 9.17) is 5.11 Å². The molecule has 0 aliphatic rings. The number of carbonyl (C=O) groups excluding carboxylic acids is 1. The van der Waals surface area contributed by atoms with Crippen molar-refractivity contribution in [2.75, 3.05) is 6.61 Å². The molecule has 1 amide bonds. The van der Waals surface area contributed by atoms with Gasteiger partial charge >= 0.3 is 12.1 Å². The fourth-order valence-electron chi connectivity index (χ4n) is 1.40. The molecule has 0 radical (unpaired) electrons. The molecule has 0 atom stereocenters. The van der Waals surface area contributed by atoms with Gasteiger partial charge in [0.25, 0.3) is 0 Å². The summed E-state index contributed by atoms with van der Waals surface area (Å²) in [6.45, 7) is 1.93. The van der Waals surface area contributed by atoms with Crippen LogP contribution in [-0.2, 0) is 9.53 Å². The number of hydrogen-bond donors (Lipinski definition) is 2. The summed E-state index contributed by atoms with van der Waals surface area (Å²) in [6.07, 6.45) is -0.490. The molecule has 1 aromatic rings. The van der Waals surface area contributed by atoms with E-state index in [-0.39, 0.29) is 19.4 Å². The zero-order chi connectivity index (χ0) is 14.1. The molecule has 1 aromatic carbocycles. The summed E-state index contributed by atoms with van der Waals surface area (Å²) < 4.78 is 4.68.